The fraction of sp³-hybridized carbons (Fsp3) is 0.211. The van der Waals surface area contributed by atoms with Crippen molar-refractivity contribution < 1.29 is 23.4 Å². The molecule has 0 radical (unpaired) electrons. The van der Waals surface area contributed by atoms with E-state index in [9.17, 15) is 28.2 Å². The smallest absolute Gasteiger partial charge is 0.416 e. The molecule has 0 aliphatic heterocycles. The molecule has 0 aliphatic rings. The SMILES string of the molecule is Cn1c(=O)c(CCO)c(-c2ccc(Cl)cc2O)c2cc(C(F)(F)F)ccc21. The van der Waals surface area contributed by atoms with E-state index in [1.54, 1.807) is 0 Å². The molecule has 142 valence electrons. The lowest BCUT2D eigenvalue weighted by Gasteiger charge is -2.18. The molecule has 8 heteroatoms. The normalized spacial score (nSPS) is 11.9. The van der Waals surface area contributed by atoms with Crippen LogP contribution in [0.15, 0.2) is 41.2 Å². The van der Waals surface area contributed by atoms with Gasteiger partial charge in [-0.15, -0.1) is 0 Å². The first-order chi connectivity index (χ1) is 12.6. The number of phenolic OH excluding ortho intramolecular Hbond substituents is 1. The molecule has 0 amide bonds. The first-order valence-electron chi connectivity index (χ1n) is 7.97. The van der Waals surface area contributed by atoms with Crippen molar-refractivity contribution in [3.63, 3.8) is 0 Å². The summed E-state index contributed by atoms with van der Waals surface area (Å²) in [7, 11) is 1.45. The van der Waals surface area contributed by atoms with Gasteiger partial charge in [-0.3, -0.25) is 4.79 Å². The van der Waals surface area contributed by atoms with Gasteiger partial charge in [-0.2, -0.15) is 13.2 Å². The van der Waals surface area contributed by atoms with Crippen molar-refractivity contribution in [1.29, 1.82) is 0 Å². The van der Waals surface area contributed by atoms with E-state index in [0.29, 0.717) is 0 Å². The number of alkyl halides is 3. The van der Waals surface area contributed by atoms with E-state index in [0.717, 1.165) is 12.1 Å². The topological polar surface area (TPSA) is 62.5 Å². The van der Waals surface area contributed by atoms with Gasteiger partial charge in [0.05, 0.1) is 11.1 Å². The summed E-state index contributed by atoms with van der Waals surface area (Å²) in [6.07, 6.45) is -4.64. The van der Waals surface area contributed by atoms with Crippen LogP contribution < -0.4 is 5.56 Å². The summed E-state index contributed by atoms with van der Waals surface area (Å²) in [5.74, 6) is -0.270. The molecule has 1 aromatic heterocycles. The Bertz CT molecular complexity index is 1090. The van der Waals surface area contributed by atoms with Crippen LogP contribution in [0.1, 0.15) is 11.1 Å². The Balaban J connectivity index is 2.51. The maximum absolute atomic E-state index is 13.2. The number of fused-ring (bicyclic) bond motifs is 1. The Kier molecular flexibility index (Phi) is 4.92. The molecular weight excluding hydrogens is 383 g/mol. The largest absolute Gasteiger partial charge is 0.507 e. The van der Waals surface area contributed by atoms with E-state index in [-0.39, 0.29) is 51.4 Å². The molecule has 2 N–H and O–H groups in total. The molecule has 0 saturated heterocycles. The molecule has 0 fully saturated rings. The third kappa shape index (κ3) is 3.40. The monoisotopic (exact) mass is 397 g/mol. The van der Waals surface area contributed by atoms with Gasteiger partial charge in [0, 0.05) is 47.2 Å². The van der Waals surface area contributed by atoms with Gasteiger partial charge in [0.15, 0.2) is 0 Å². The minimum Gasteiger partial charge on any atom is -0.507 e. The summed E-state index contributed by atoms with van der Waals surface area (Å²) >= 11 is 5.85. The number of aromatic nitrogens is 1. The van der Waals surface area contributed by atoms with Gasteiger partial charge in [0.2, 0.25) is 0 Å². The maximum Gasteiger partial charge on any atom is 0.416 e. The van der Waals surface area contributed by atoms with E-state index in [1.807, 2.05) is 0 Å². The number of hydrogen-bond donors (Lipinski definition) is 2. The predicted octanol–water partition coefficient (Wildman–Crippen LogP) is 4.12. The van der Waals surface area contributed by atoms with Crippen LogP contribution in [0.5, 0.6) is 5.75 Å². The van der Waals surface area contributed by atoms with Crippen molar-refractivity contribution >= 4 is 22.5 Å². The van der Waals surface area contributed by atoms with Gasteiger partial charge in [0.1, 0.15) is 5.75 Å². The standard InChI is InChI=1S/C19H15ClF3NO3/c1-24-15-5-2-10(19(21,22)23)8-14(15)17(13(6-7-25)18(24)27)12-4-3-11(20)9-16(12)26/h2-5,8-9,25-26H,6-7H2,1H3. The van der Waals surface area contributed by atoms with Crippen molar-refractivity contribution in [2.24, 2.45) is 7.05 Å². The van der Waals surface area contributed by atoms with Crippen LogP contribution in [0, 0.1) is 0 Å². The lowest BCUT2D eigenvalue weighted by atomic mass is 9.93. The highest BCUT2D eigenvalue weighted by Crippen LogP contribution is 2.39. The molecule has 0 unspecified atom stereocenters. The Morgan fingerprint density at radius 2 is 1.85 bits per heavy atom. The van der Waals surface area contributed by atoms with Crippen LogP contribution >= 0.6 is 11.6 Å². The summed E-state index contributed by atoms with van der Waals surface area (Å²) in [6, 6.07) is 7.22. The second kappa shape index (κ2) is 6.90. The zero-order valence-corrected chi connectivity index (χ0v) is 14.9. The summed E-state index contributed by atoms with van der Waals surface area (Å²) in [5.41, 5.74) is -0.616. The van der Waals surface area contributed by atoms with Crippen molar-refractivity contribution in [2.75, 3.05) is 6.61 Å². The molecule has 2 aromatic carbocycles. The average molecular weight is 398 g/mol. The number of rotatable bonds is 3. The lowest BCUT2D eigenvalue weighted by molar-refractivity contribution is -0.137. The molecule has 27 heavy (non-hydrogen) atoms. The third-order valence-corrected chi connectivity index (χ3v) is 4.65. The number of aryl methyl sites for hydroxylation is 1. The predicted molar refractivity (Wildman–Crippen MR) is 97.1 cm³/mol. The molecule has 0 bridgehead atoms. The quantitative estimate of drug-likeness (QED) is 0.699. The third-order valence-electron chi connectivity index (χ3n) is 4.41. The zero-order valence-electron chi connectivity index (χ0n) is 14.1. The molecule has 1 heterocycles. The van der Waals surface area contributed by atoms with Crippen molar-refractivity contribution in [1.82, 2.24) is 4.57 Å². The van der Waals surface area contributed by atoms with Crippen LogP contribution in [0.4, 0.5) is 13.2 Å². The first-order valence-corrected chi connectivity index (χ1v) is 8.35. The summed E-state index contributed by atoms with van der Waals surface area (Å²) in [6.45, 7) is -0.374. The molecule has 0 saturated carbocycles. The van der Waals surface area contributed by atoms with Crippen molar-refractivity contribution in [3.8, 4) is 16.9 Å². The van der Waals surface area contributed by atoms with Crippen molar-refractivity contribution in [3.05, 3.63) is 62.9 Å². The number of halogens is 4. The van der Waals surface area contributed by atoms with Crippen LogP contribution in [0.2, 0.25) is 5.02 Å². The first kappa shape index (κ1) is 19.3. The molecular formula is C19H15ClF3NO3. The molecule has 3 rings (SSSR count). The Morgan fingerprint density at radius 3 is 2.44 bits per heavy atom. The minimum absolute atomic E-state index is 0.0732. The number of hydrogen-bond acceptors (Lipinski definition) is 3. The number of phenols is 1. The molecule has 4 nitrogen and oxygen atoms in total. The number of benzene rings is 2. The molecule has 3 aromatic rings. The summed E-state index contributed by atoms with van der Waals surface area (Å²) < 4.78 is 40.9. The summed E-state index contributed by atoms with van der Waals surface area (Å²) in [5, 5.41) is 20.1. The van der Waals surface area contributed by atoms with Gasteiger partial charge in [-0.1, -0.05) is 11.6 Å². The van der Waals surface area contributed by atoms with E-state index in [4.69, 9.17) is 11.6 Å². The minimum atomic E-state index is -4.57. The fourth-order valence-corrected chi connectivity index (χ4v) is 3.32. The highest BCUT2D eigenvalue weighted by atomic mass is 35.5. The maximum atomic E-state index is 13.2. The second-order valence-electron chi connectivity index (χ2n) is 6.08. The fourth-order valence-electron chi connectivity index (χ4n) is 3.15. The molecule has 0 spiro atoms. The van der Waals surface area contributed by atoms with Gasteiger partial charge >= 0.3 is 6.18 Å². The van der Waals surface area contributed by atoms with Crippen LogP contribution in [-0.2, 0) is 19.6 Å². The number of aliphatic hydroxyl groups is 1. The molecule has 0 aliphatic carbocycles. The van der Waals surface area contributed by atoms with E-state index in [1.165, 1.54) is 35.9 Å². The van der Waals surface area contributed by atoms with Gasteiger partial charge in [0.25, 0.3) is 5.56 Å². The van der Waals surface area contributed by atoms with E-state index >= 15 is 0 Å². The Morgan fingerprint density at radius 1 is 1.15 bits per heavy atom. The highest BCUT2D eigenvalue weighted by molar-refractivity contribution is 6.30. The summed E-state index contributed by atoms with van der Waals surface area (Å²) in [4.78, 5) is 12.7. The average Bonchev–Trinajstić information content (AvgIpc) is 2.59. The number of aromatic hydroxyl groups is 1. The van der Waals surface area contributed by atoms with Crippen LogP contribution in [0.3, 0.4) is 0 Å². The van der Waals surface area contributed by atoms with Gasteiger partial charge in [-0.25, -0.2) is 0 Å². The van der Waals surface area contributed by atoms with E-state index in [2.05, 4.69) is 0 Å². The van der Waals surface area contributed by atoms with Crippen LogP contribution in [-0.4, -0.2) is 21.4 Å². The van der Waals surface area contributed by atoms with Gasteiger partial charge < -0.3 is 14.8 Å². The number of aliphatic hydroxyl groups excluding tert-OH is 1. The molecule has 0 atom stereocenters. The number of nitrogens with zero attached hydrogens (tertiary/aromatic N) is 1. The highest BCUT2D eigenvalue weighted by Gasteiger charge is 2.31. The van der Waals surface area contributed by atoms with Gasteiger partial charge in [-0.05, 0) is 36.4 Å². The van der Waals surface area contributed by atoms with E-state index < -0.39 is 17.3 Å². The second-order valence-corrected chi connectivity index (χ2v) is 6.52. The Labute approximate surface area is 157 Å². The van der Waals surface area contributed by atoms with Crippen molar-refractivity contribution in [2.45, 2.75) is 12.6 Å². The number of pyridine rings is 1. The lowest BCUT2D eigenvalue weighted by Crippen LogP contribution is -2.24. The van der Waals surface area contributed by atoms with Crippen LogP contribution in [0.25, 0.3) is 22.0 Å². The Hall–Kier alpha value is -2.51. The zero-order chi connectivity index (χ0) is 19.9.